The van der Waals surface area contributed by atoms with Crippen LogP contribution in [0, 0.1) is 0 Å². The number of nitrogens with zero attached hydrogens (tertiary/aromatic N) is 2. The number of imidazole rings is 1. The maximum atomic E-state index is 14.1. The molecule has 5 nitrogen and oxygen atoms in total. The highest BCUT2D eigenvalue weighted by Gasteiger charge is 2.18. The van der Waals surface area contributed by atoms with Gasteiger partial charge in [0, 0.05) is 29.8 Å². The van der Waals surface area contributed by atoms with E-state index in [0.29, 0.717) is 29.3 Å². The quantitative estimate of drug-likeness (QED) is 0.534. The highest BCUT2D eigenvalue weighted by atomic mass is 79.9. The standard InChI is InChI=1S/C22H19BrFN3O2/c1-28-21-11-16(29-13-14-5-6-15(23)10-18(14)24)7-8-17(21)20-12-26-22(27-20)19-4-2-3-9-25-19/h2-9,11-12,18H,10,13H2,1H3,(H,26,27). The smallest absolute Gasteiger partial charge is 0.156 e. The predicted octanol–water partition coefficient (Wildman–Crippen LogP) is 5.47. The van der Waals surface area contributed by atoms with E-state index in [1.807, 2.05) is 36.4 Å². The highest BCUT2D eigenvalue weighted by molar-refractivity contribution is 9.11. The van der Waals surface area contributed by atoms with Gasteiger partial charge in [0.25, 0.3) is 0 Å². The first-order chi connectivity index (χ1) is 14.1. The number of alkyl halides is 1. The Balaban J connectivity index is 1.52. The van der Waals surface area contributed by atoms with Crippen molar-refractivity contribution in [3.63, 3.8) is 0 Å². The molecule has 0 radical (unpaired) electrons. The van der Waals surface area contributed by atoms with E-state index in [1.54, 1.807) is 31.6 Å². The molecule has 0 bridgehead atoms. The molecule has 2 heterocycles. The number of pyridine rings is 1. The number of hydrogen-bond acceptors (Lipinski definition) is 4. The molecule has 1 aliphatic carbocycles. The number of methoxy groups -OCH3 is 1. The van der Waals surface area contributed by atoms with Gasteiger partial charge in [-0.15, -0.1) is 0 Å². The van der Waals surface area contributed by atoms with Gasteiger partial charge >= 0.3 is 0 Å². The first-order valence-electron chi connectivity index (χ1n) is 9.11. The molecule has 1 atom stereocenters. The van der Waals surface area contributed by atoms with Crippen molar-refractivity contribution in [3.8, 4) is 34.3 Å². The van der Waals surface area contributed by atoms with Crippen molar-refractivity contribution < 1.29 is 13.9 Å². The summed E-state index contributed by atoms with van der Waals surface area (Å²) in [5, 5.41) is 0. The molecular formula is C22H19BrFN3O2. The summed E-state index contributed by atoms with van der Waals surface area (Å²) in [6.45, 7) is 0.189. The van der Waals surface area contributed by atoms with Crippen LogP contribution in [-0.2, 0) is 0 Å². The van der Waals surface area contributed by atoms with Crippen molar-refractivity contribution in [2.24, 2.45) is 0 Å². The molecule has 1 N–H and O–H groups in total. The zero-order chi connectivity index (χ0) is 20.2. The number of hydrogen-bond donors (Lipinski definition) is 1. The summed E-state index contributed by atoms with van der Waals surface area (Å²) in [7, 11) is 1.60. The van der Waals surface area contributed by atoms with Crippen LogP contribution < -0.4 is 9.47 Å². The molecule has 7 heteroatoms. The van der Waals surface area contributed by atoms with E-state index in [2.05, 4.69) is 30.9 Å². The molecule has 0 saturated heterocycles. The lowest BCUT2D eigenvalue weighted by atomic mass is 10.0. The largest absolute Gasteiger partial charge is 0.496 e. The molecule has 2 aromatic heterocycles. The van der Waals surface area contributed by atoms with Gasteiger partial charge in [0.15, 0.2) is 5.82 Å². The van der Waals surface area contributed by atoms with Crippen molar-refractivity contribution in [1.29, 1.82) is 0 Å². The van der Waals surface area contributed by atoms with Crippen LogP contribution in [0.3, 0.4) is 0 Å². The van der Waals surface area contributed by atoms with E-state index in [9.17, 15) is 4.39 Å². The van der Waals surface area contributed by atoms with Crippen LogP contribution in [0.1, 0.15) is 6.42 Å². The lowest BCUT2D eigenvalue weighted by Gasteiger charge is -2.17. The maximum Gasteiger partial charge on any atom is 0.156 e. The first kappa shape index (κ1) is 19.4. The topological polar surface area (TPSA) is 60.0 Å². The predicted molar refractivity (Wildman–Crippen MR) is 114 cm³/mol. The van der Waals surface area contributed by atoms with Gasteiger partial charge < -0.3 is 14.5 Å². The fourth-order valence-electron chi connectivity index (χ4n) is 3.05. The molecule has 4 rings (SSSR count). The summed E-state index contributed by atoms with van der Waals surface area (Å²) in [5.41, 5.74) is 3.04. The third kappa shape index (κ3) is 4.40. The van der Waals surface area contributed by atoms with E-state index >= 15 is 0 Å². The number of ether oxygens (including phenoxy) is 2. The Bertz CT molecular complexity index is 1060. The van der Waals surface area contributed by atoms with Gasteiger partial charge in [-0.25, -0.2) is 9.37 Å². The summed E-state index contributed by atoms with van der Waals surface area (Å²) in [5.74, 6) is 1.92. The molecule has 0 fully saturated rings. The molecule has 0 saturated carbocycles. The van der Waals surface area contributed by atoms with Gasteiger partial charge in [0.1, 0.15) is 30.0 Å². The molecular weight excluding hydrogens is 437 g/mol. The summed E-state index contributed by atoms with van der Waals surface area (Å²) in [6, 6.07) is 11.2. The van der Waals surface area contributed by atoms with Crippen LogP contribution in [0.5, 0.6) is 11.5 Å². The monoisotopic (exact) mass is 455 g/mol. The molecule has 0 aliphatic heterocycles. The van der Waals surface area contributed by atoms with Crippen LogP contribution in [0.4, 0.5) is 4.39 Å². The Morgan fingerprint density at radius 3 is 2.86 bits per heavy atom. The Kier molecular flexibility index (Phi) is 5.76. The first-order valence-corrected chi connectivity index (χ1v) is 9.90. The van der Waals surface area contributed by atoms with E-state index in [-0.39, 0.29) is 6.61 Å². The van der Waals surface area contributed by atoms with Crippen LogP contribution >= 0.6 is 15.9 Å². The molecule has 0 spiro atoms. The third-order valence-corrected chi connectivity index (χ3v) is 5.19. The number of aromatic amines is 1. The zero-order valence-electron chi connectivity index (χ0n) is 15.7. The van der Waals surface area contributed by atoms with E-state index in [0.717, 1.165) is 21.4 Å². The summed E-state index contributed by atoms with van der Waals surface area (Å²) in [4.78, 5) is 12.0. The number of nitrogens with one attached hydrogen (secondary N) is 1. The lowest BCUT2D eigenvalue weighted by Crippen LogP contribution is -2.14. The lowest BCUT2D eigenvalue weighted by molar-refractivity contribution is 0.298. The Labute approximate surface area is 176 Å². The minimum Gasteiger partial charge on any atom is -0.496 e. The second-order valence-electron chi connectivity index (χ2n) is 6.54. The SMILES string of the molecule is COc1cc(OCC2=CC=C(Br)CC2F)ccc1-c1cnc(-c2ccccn2)[nH]1. The minimum atomic E-state index is -1.04. The van der Waals surface area contributed by atoms with Crippen molar-refractivity contribution in [1.82, 2.24) is 15.0 Å². The van der Waals surface area contributed by atoms with Crippen LogP contribution in [-0.4, -0.2) is 34.8 Å². The molecule has 1 aromatic carbocycles. The molecule has 0 amide bonds. The molecule has 1 unspecified atom stereocenters. The summed E-state index contributed by atoms with van der Waals surface area (Å²) in [6.07, 6.45) is 6.39. The van der Waals surface area contributed by atoms with Crippen LogP contribution in [0.2, 0.25) is 0 Å². The summed E-state index contributed by atoms with van der Waals surface area (Å²) >= 11 is 3.32. The number of benzene rings is 1. The Hall–Kier alpha value is -2.93. The Morgan fingerprint density at radius 2 is 2.10 bits per heavy atom. The number of H-pyrrole nitrogens is 1. The fraction of sp³-hybridized carbons (Fsp3) is 0.182. The molecule has 148 valence electrons. The second kappa shape index (κ2) is 8.61. The van der Waals surface area contributed by atoms with Gasteiger partial charge in [-0.3, -0.25) is 4.98 Å². The summed E-state index contributed by atoms with van der Waals surface area (Å²) < 4.78 is 26.3. The number of aromatic nitrogens is 3. The van der Waals surface area contributed by atoms with Gasteiger partial charge in [0.05, 0.1) is 19.0 Å². The van der Waals surface area contributed by atoms with Crippen molar-refractivity contribution in [3.05, 3.63) is 71.0 Å². The van der Waals surface area contributed by atoms with Crippen molar-refractivity contribution >= 4 is 15.9 Å². The van der Waals surface area contributed by atoms with Crippen molar-refractivity contribution in [2.75, 3.05) is 13.7 Å². The zero-order valence-corrected chi connectivity index (χ0v) is 17.3. The van der Waals surface area contributed by atoms with Gasteiger partial charge in [0.2, 0.25) is 0 Å². The average molecular weight is 456 g/mol. The van der Waals surface area contributed by atoms with Gasteiger partial charge in [-0.2, -0.15) is 0 Å². The average Bonchev–Trinajstić information content (AvgIpc) is 3.23. The second-order valence-corrected chi connectivity index (χ2v) is 7.56. The number of rotatable bonds is 6. The number of halogens is 2. The maximum absolute atomic E-state index is 14.1. The van der Waals surface area contributed by atoms with Crippen LogP contribution in [0.15, 0.2) is 71.0 Å². The molecule has 1 aliphatic rings. The van der Waals surface area contributed by atoms with E-state index in [1.165, 1.54) is 0 Å². The minimum absolute atomic E-state index is 0.189. The van der Waals surface area contributed by atoms with E-state index in [4.69, 9.17) is 9.47 Å². The van der Waals surface area contributed by atoms with Crippen LogP contribution in [0.25, 0.3) is 22.8 Å². The normalized spacial score (nSPS) is 16.2. The van der Waals surface area contributed by atoms with Gasteiger partial charge in [-0.1, -0.05) is 34.1 Å². The Morgan fingerprint density at radius 1 is 1.21 bits per heavy atom. The third-order valence-electron chi connectivity index (χ3n) is 4.61. The van der Waals surface area contributed by atoms with Gasteiger partial charge in [-0.05, 0) is 28.7 Å². The molecule has 3 aromatic rings. The van der Waals surface area contributed by atoms with E-state index < -0.39 is 6.17 Å². The highest BCUT2D eigenvalue weighted by Crippen LogP contribution is 2.34. The fourth-order valence-corrected chi connectivity index (χ4v) is 3.47. The van der Waals surface area contributed by atoms with Crippen molar-refractivity contribution in [2.45, 2.75) is 12.6 Å². The molecule has 29 heavy (non-hydrogen) atoms. The number of allylic oxidation sites excluding steroid dienone is 3.